The van der Waals surface area contributed by atoms with E-state index in [2.05, 4.69) is 15.6 Å². The van der Waals surface area contributed by atoms with Crippen molar-refractivity contribution in [2.24, 2.45) is 0 Å². The van der Waals surface area contributed by atoms with Crippen molar-refractivity contribution in [3.8, 4) is 0 Å². The molecule has 1 aliphatic carbocycles. The molecule has 1 fully saturated rings. The number of carbonyl (C=O) groups is 2. The van der Waals surface area contributed by atoms with Gasteiger partial charge in [0.15, 0.2) is 5.13 Å². The van der Waals surface area contributed by atoms with Crippen molar-refractivity contribution in [1.82, 2.24) is 4.98 Å². The Kier molecular flexibility index (Phi) is 3.77. The fourth-order valence-electron chi connectivity index (χ4n) is 3.00. The SMILES string of the molecule is CC(=O)Nc1ccc2nc(NC(=O)C3(c4ccccc4)CC3)sc2c1. The molecule has 0 unspecified atom stereocenters. The molecule has 1 heterocycles. The molecule has 4 rings (SSSR count). The van der Waals surface area contributed by atoms with Crippen LogP contribution >= 0.6 is 11.3 Å². The van der Waals surface area contributed by atoms with Gasteiger partial charge < -0.3 is 10.6 Å². The highest BCUT2D eigenvalue weighted by molar-refractivity contribution is 7.22. The first-order valence-electron chi connectivity index (χ1n) is 8.12. The molecule has 0 atom stereocenters. The molecular weight excluding hydrogens is 334 g/mol. The van der Waals surface area contributed by atoms with Crippen LogP contribution in [-0.4, -0.2) is 16.8 Å². The lowest BCUT2D eigenvalue weighted by Crippen LogP contribution is -2.27. The van der Waals surface area contributed by atoms with E-state index in [1.807, 2.05) is 42.5 Å². The fraction of sp³-hybridized carbons (Fsp3) is 0.211. The Morgan fingerprint density at radius 1 is 1.08 bits per heavy atom. The molecule has 1 aromatic heterocycles. The summed E-state index contributed by atoms with van der Waals surface area (Å²) in [5.41, 5.74) is 2.17. The molecule has 0 spiro atoms. The van der Waals surface area contributed by atoms with Gasteiger partial charge in [-0.1, -0.05) is 41.7 Å². The summed E-state index contributed by atoms with van der Waals surface area (Å²) in [5.74, 6) is -0.115. The Hall–Kier alpha value is -2.73. The molecule has 1 saturated carbocycles. The Morgan fingerprint density at radius 2 is 1.84 bits per heavy atom. The Balaban J connectivity index is 1.56. The molecule has 5 nitrogen and oxygen atoms in total. The van der Waals surface area contributed by atoms with E-state index in [1.54, 1.807) is 6.07 Å². The molecule has 0 aliphatic heterocycles. The summed E-state index contributed by atoms with van der Waals surface area (Å²) >= 11 is 1.41. The fourth-order valence-corrected chi connectivity index (χ4v) is 3.91. The normalized spacial score (nSPS) is 14.9. The zero-order chi connectivity index (χ0) is 17.4. The van der Waals surface area contributed by atoms with Crippen LogP contribution in [0.4, 0.5) is 10.8 Å². The minimum absolute atomic E-state index is 0.000148. The van der Waals surface area contributed by atoms with E-state index in [1.165, 1.54) is 18.3 Å². The number of thiazole rings is 1. The lowest BCUT2D eigenvalue weighted by molar-refractivity contribution is -0.118. The van der Waals surface area contributed by atoms with Gasteiger partial charge in [-0.2, -0.15) is 0 Å². The van der Waals surface area contributed by atoms with Crippen molar-refractivity contribution in [2.45, 2.75) is 25.2 Å². The van der Waals surface area contributed by atoms with E-state index in [4.69, 9.17) is 0 Å². The van der Waals surface area contributed by atoms with E-state index in [0.29, 0.717) is 5.13 Å². The Labute approximate surface area is 149 Å². The highest BCUT2D eigenvalue weighted by Crippen LogP contribution is 2.49. The summed E-state index contributed by atoms with van der Waals surface area (Å²) in [7, 11) is 0. The Morgan fingerprint density at radius 3 is 2.52 bits per heavy atom. The minimum atomic E-state index is -0.416. The number of carbonyl (C=O) groups excluding carboxylic acids is 2. The minimum Gasteiger partial charge on any atom is -0.326 e. The monoisotopic (exact) mass is 351 g/mol. The van der Waals surface area contributed by atoms with Crippen molar-refractivity contribution in [2.75, 3.05) is 10.6 Å². The first-order valence-corrected chi connectivity index (χ1v) is 8.94. The standard InChI is InChI=1S/C19H17N3O2S/c1-12(23)20-14-7-8-15-16(11-14)25-18(21-15)22-17(24)19(9-10-19)13-5-3-2-4-6-13/h2-8,11H,9-10H2,1H3,(H,20,23)(H,21,22,24). The van der Waals surface area contributed by atoms with Crippen molar-refractivity contribution >= 4 is 44.2 Å². The van der Waals surface area contributed by atoms with Crippen molar-refractivity contribution in [3.05, 3.63) is 54.1 Å². The van der Waals surface area contributed by atoms with Gasteiger partial charge in [-0.25, -0.2) is 4.98 Å². The van der Waals surface area contributed by atoms with E-state index in [0.717, 1.165) is 34.3 Å². The summed E-state index contributed by atoms with van der Waals surface area (Å²) in [6, 6.07) is 15.4. The van der Waals surface area contributed by atoms with E-state index >= 15 is 0 Å². The highest BCUT2D eigenvalue weighted by Gasteiger charge is 2.51. The predicted molar refractivity (Wildman–Crippen MR) is 99.9 cm³/mol. The number of benzene rings is 2. The largest absolute Gasteiger partial charge is 0.326 e. The third kappa shape index (κ3) is 3.00. The summed E-state index contributed by atoms with van der Waals surface area (Å²) in [6.45, 7) is 1.47. The van der Waals surface area contributed by atoms with E-state index in [-0.39, 0.29) is 11.8 Å². The number of fused-ring (bicyclic) bond motifs is 1. The molecular formula is C19H17N3O2S. The number of amides is 2. The number of hydrogen-bond donors (Lipinski definition) is 2. The molecule has 25 heavy (non-hydrogen) atoms. The smallest absolute Gasteiger partial charge is 0.236 e. The van der Waals surface area contributed by atoms with Crippen molar-refractivity contribution in [3.63, 3.8) is 0 Å². The highest BCUT2D eigenvalue weighted by atomic mass is 32.1. The van der Waals surface area contributed by atoms with Crippen LogP contribution in [-0.2, 0) is 15.0 Å². The second-order valence-corrected chi connectivity index (χ2v) is 7.32. The van der Waals surface area contributed by atoms with Gasteiger partial charge in [-0.05, 0) is 36.6 Å². The molecule has 0 bridgehead atoms. The van der Waals surface area contributed by atoms with Crippen LogP contribution in [0.25, 0.3) is 10.2 Å². The number of aromatic nitrogens is 1. The lowest BCUT2D eigenvalue weighted by atomic mass is 9.95. The first-order chi connectivity index (χ1) is 12.1. The van der Waals surface area contributed by atoms with Crippen LogP contribution in [0.3, 0.4) is 0 Å². The molecule has 2 N–H and O–H groups in total. The number of nitrogens with one attached hydrogen (secondary N) is 2. The van der Waals surface area contributed by atoms with Crippen LogP contribution < -0.4 is 10.6 Å². The van der Waals surface area contributed by atoms with Gasteiger partial charge in [-0.3, -0.25) is 9.59 Å². The van der Waals surface area contributed by atoms with Gasteiger partial charge in [0.2, 0.25) is 11.8 Å². The quantitative estimate of drug-likeness (QED) is 0.748. The van der Waals surface area contributed by atoms with E-state index in [9.17, 15) is 9.59 Å². The number of nitrogens with zero attached hydrogens (tertiary/aromatic N) is 1. The zero-order valence-corrected chi connectivity index (χ0v) is 14.5. The average Bonchev–Trinajstić information content (AvgIpc) is 3.31. The molecule has 126 valence electrons. The summed E-state index contributed by atoms with van der Waals surface area (Å²) < 4.78 is 0.922. The molecule has 3 aromatic rings. The maximum atomic E-state index is 12.8. The maximum absolute atomic E-state index is 12.8. The van der Waals surface area contributed by atoms with Crippen LogP contribution in [0, 0.1) is 0 Å². The van der Waals surface area contributed by atoms with Gasteiger partial charge in [0.25, 0.3) is 0 Å². The van der Waals surface area contributed by atoms with Crippen LogP contribution in [0.5, 0.6) is 0 Å². The molecule has 2 amide bonds. The van der Waals surface area contributed by atoms with Crippen LogP contribution in [0.1, 0.15) is 25.3 Å². The molecule has 0 radical (unpaired) electrons. The second kappa shape index (κ2) is 5.97. The van der Waals surface area contributed by atoms with Crippen molar-refractivity contribution < 1.29 is 9.59 Å². The number of anilines is 2. The van der Waals surface area contributed by atoms with Crippen LogP contribution in [0.15, 0.2) is 48.5 Å². The van der Waals surface area contributed by atoms with Gasteiger partial charge in [-0.15, -0.1) is 0 Å². The number of hydrogen-bond acceptors (Lipinski definition) is 4. The number of rotatable bonds is 4. The zero-order valence-electron chi connectivity index (χ0n) is 13.7. The lowest BCUT2D eigenvalue weighted by Gasteiger charge is -2.14. The summed E-state index contributed by atoms with van der Waals surface area (Å²) in [4.78, 5) is 28.4. The average molecular weight is 351 g/mol. The summed E-state index contributed by atoms with van der Waals surface area (Å²) in [6.07, 6.45) is 1.72. The molecule has 0 saturated heterocycles. The summed E-state index contributed by atoms with van der Waals surface area (Å²) in [5, 5.41) is 6.31. The third-order valence-corrected chi connectivity index (χ3v) is 5.37. The first kappa shape index (κ1) is 15.8. The van der Waals surface area contributed by atoms with Gasteiger partial charge in [0.05, 0.1) is 15.6 Å². The van der Waals surface area contributed by atoms with Crippen LogP contribution in [0.2, 0.25) is 0 Å². The van der Waals surface area contributed by atoms with Gasteiger partial charge in [0, 0.05) is 12.6 Å². The third-order valence-electron chi connectivity index (χ3n) is 4.44. The topological polar surface area (TPSA) is 71.1 Å². The van der Waals surface area contributed by atoms with Gasteiger partial charge >= 0.3 is 0 Å². The Bertz CT molecular complexity index is 961. The van der Waals surface area contributed by atoms with Crippen molar-refractivity contribution in [1.29, 1.82) is 0 Å². The molecule has 2 aromatic carbocycles. The second-order valence-electron chi connectivity index (χ2n) is 6.28. The maximum Gasteiger partial charge on any atom is 0.236 e. The molecule has 6 heteroatoms. The van der Waals surface area contributed by atoms with E-state index < -0.39 is 5.41 Å². The molecule has 1 aliphatic rings. The van der Waals surface area contributed by atoms with Gasteiger partial charge in [0.1, 0.15) is 0 Å². The predicted octanol–water partition coefficient (Wildman–Crippen LogP) is 3.93.